The summed E-state index contributed by atoms with van der Waals surface area (Å²) in [5.74, 6) is 0.132. The summed E-state index contributed by atoms with van der Waals surface area (Å²) in [5, 5.41) is 1.21. The SMILES string of the molecule is CS(=O)(=O)CCN1CCN(C(=O)Cn2c3ccccc3c(=O)c3ccccc32)CC1. The molecule has 2 aromatic carbocycles. The Morgan fingerprint density at radius 3 is 1.97 bits per heavy atom. The van der Waals surface area contributed by atoms with E-state index in [9.17, 15) is 18.0 Å². The lowest BCUT2D eigenvalue weighted by atomic mass is 10.1. The van der Waals surface area contributed by atoms with Gasteiger partial charge in [0.2, 0.25) is 5.91 Å². The highest BCUT2D eigenvalue weighted by Crippen LogP contribution is 2.19. The molecule has 0 bridgehead atoms. The van der Waals surface area contributed by atoms with Gasteiger partial charge in [-0.2, -0.15) is 0 Å². The fourth-order valence-corrected chi connectivity index (χ4v) is 4.59. The maximum atomic E-state index is 13.1. The van der Waals surface area contributed by atoms with E-state index in [1.165, 1.54) is 6.26 Å². The molecule has 1 aliphatic rings. The van der Waals surface area contributed by atoms with E-state index in [-0.39, 0.29) is 23.6 Å². The maximum absolute atomic E-state index is 13.1. The van der Waals surface area contributed by atoms with Crippen LogP contribution in [0.4, 0.5) is 0 Å². The zero-order valence-corrected chi connectivity index (χ0v) is 17.8. The molecule has 1 aromatic heterocycles. The first-order valence-corrected chi connectivity index (χ1v) is 12.1. The number of carbonyl (C=O) groups excluding carboxylic acids is 1. The van der Waals surface area contributed by atoms with Gasteiger partial charge in [-0.25, -0.2) is 8.42 Å². The van der Waals surface area contributed by atoms with Crippen LogP contribution in [-0.2, 0) is 21.2 Å². The number of amides is 1. The summed E-state index contributed by atoms with van der Waals surface area (Å²) < 4.78 is 24.7. The number of rotatable bonds is 5. The van der Waals surface area contributed by atoms with Crippen molar-refractivity contribution >= 4 is 37.6 Å². The molecule has 1 fully saturated rings. The smallest absolute Gasteiger partial charge is 0.242 e. The second kappa shape index (κ2) is 8.20. The number of hydrogen-bond acceptors (Lipinski definition) is 5. The number of para-hydroxylation sites is 2. The van der Waals surface area contributed by atoms with Gasteiger partial charge >= 0.3 is 0 Å². The highest BCUT2D eigenvalue weighted by atomic mass is 32.2. The van der Waals surface area contributed by atoms with E-state index in [0.717, 1.165) is 11.0 Å². The van der Waals surface area contributed by atoms with Gasteiger partial charge in [-0.3, -0.25) is 14.5 Å². The maximum Gasteiger partial charge on any atom is 0.242 e. The molecule has 0 unspecified atom stereocenters. The Labute approximate surface area is 175 Å². The number of aromatic nitrogens is 1. The Bertz CT molecular complexity index is 1200. The average Bonchev–Trinajstić information content (AvgIpc) is 2.75. The number of carbonyl (C=O) groups is 1. The van der Waals surface area contributed by atoms with E-state index >= 15 is 0 Å². The third-order valence-electron chi connectivity index (χ3n) is 5.68. The molecule has 0 atom stereocenters. The predicted octanol–water partition coefficient (Wildman–Crippen LogP) is 1.34. The van der Waals surface area contributed by atoms with Gasteiger partial charge in [-0.05, 0) is 24.3 Å². The zero-order chi connectivity index (χ0) is 21.3. The van der Waals surface area contributed by atoms with Crippen LogP contribution in [0, 0.1) is 0 Å². The van der Waals surface area contributed by atoms with Crippen molar-refractivity contribution < 1.29 is 13.2 Å². The highest BCUT2D eigenvalue weighted by Gasteiger charge is 2.23. The summed E-state index contributed by atoms with van der Waals surface area (Å²) in [6.07, 6.45) is 1.24. The van der Waals surface area contributed by atoms with Gasteiger partial charge < -0.3 is 9.47 Å². The molecule has 0 saturated carbocycles. The summed E-state index contributed by atoms with van der Waals surface area (Å²) in [5.41, 5.74) is 1.48. The van der Waals surface area contributed by atoms with Crippen LogP contribution in [0.3, 0.4) is 0 Å². The van der Waals surface area contributed by atoms with Crippen LogP contribution < -0.4 is 5.43 Å². The van der Waals surface area contributed by atoms with E-state index in [4.69, 9.17) is 0 Å². The van der Waals surface area contributed by atoms with Crippen LogP contribution in [0.5, 0.6) is 0 Å². The van der Waals surface area contributed by atoms with Gasteiger partial charge in [0.05, 0.1) is 16.8 Å². The van der Waals surface area contributed by atoms with Crippen molar-refractivity contribution in [3.63, 3.8) is 0 Å². The van der Waals surface area contributed by atoms with Gasteiger partial charge in [-0.15, -0.1) is 0 Å². The molecule has 30 heavy (non-hydrogen) atoms. The largest absolute Gasteiger partial charge is 0.339 e. The predicted molar refractivity (Wildman–Crippen MR) is 118 cm³/mol. The standard InChI is InChI=1S/C22H25N3O4S/c1-30(28,29)15-14-23-10-12-24(13-11-23)21(26)16-25-19-8-4-2-6-17(19)22(27)18-7-3-5-9-20(18)25/h2-9H,10-16H2,1H3. The Morgan fingerprint density at radius 2 is 1.43 bits per heavy atom. The van der Waals surface area contributed by atoms with E-state index in [2.05, 4.69) is 4.90 Å². The summed E-state index contributed by atoms with van der Waals surface area (Å²) >= 11 is 0. The molecule has 1 aliphatic heterocycles. The lowest BCUT2D eigenvalue weighted by Gasteiger charge is -2.35. The van der Waals surface area contributed by atoms with Gasteiger partial charge in [0.15, 0.2) is 5.43 Å². The molecular formula is C22H25N3O4S. The summed E-state index contributed by atoms with van der Waals surface area (Å²) in [6.45, 7) is 3.11. The Kier molecular flexibility index (Phi) is 5.62. The molecule has 2 heterocycles. The van der Waals surface area contributed by atoms with E-state index in [1.54, 1.807) is 12.1 Å². The molecule has 0 N–H and O–H groups in total. The molecule has 0 radical (unpaired) electrons. The minimum absolute atomic E-state index is 0.00304. The molecule has 4 rings (SSSR count). The van der Waals surface area contributed by atoms with Crippen LogP contribution in [0.15, 0.2) is 53.3 Å². The van der Waals surface area contributed by atoms with Gasteiger partial charge in [0, 0.05) is 49.8 Å². The molecule has 7 nitrogen and oxygen atoms in total. The Morgan fingerprint density at radius 1 is 0.900 bits per heavy atom. The highest BCUT2D eigenvalue weighted by molar-refractivity contribution is 7.90. The number of pyridine rings is 1. The molecular weight excluding hydrogens is 402 g/mol. The van der Waals surface area contributed by atoms with Crippen molar-refractivity contribution in [3.05, 3.63) is 58.8 Å². The number of fused-ring (bicyclic) bond motifs is 2. The quantitative estimate of drug-likeness (QED) is 0.574. The molecule has 0 spiro atoms. The van der Waals surface area contributed by atoms with E-state index in [0.29, 0.717) is 43.5 Å². The summed E-state index contributed by atoms with van der Waals surface area (Å²) in [4.78, 5) is 29.8. The molecule has 158 valence electrons. The number of benzene rings is 2. The van der Waals surface area contributed by atoms with Crippen molar-refractivity contribution in [1.29, 1.82) is 0 Å². The van der Waals surface area contributed by atoms with Crippen LogP contribution in [-0.4, -0.2) is 73.4 Å². The van der Waals surface area contributed by atoms with Gasteiger partial charge in [-0.1, -0.05) is 24.3 Å². The summed E-state index contributed by atoms with van der Waals surface area (Å²) in [7, 11) is -2.99. The molecule has 3 aromatic rings. The number of hydrogen-bond donors (Lipinski definition) is 0. The minimum Gasteiger partial charge on any atom is -0.339 e. The third-order valence-corrected chi connectivity index (χ3v) is 6.60. The van der Waals surface area contributed by atoms with Crippen LogP contribution in [0.1, 0.15) is 0 Å². The van der Waals surface area contributed by atoms with Crippen molar-refractivity contribution in [1.82, 2.24) is 14.4 Å². The average molecular weight is 428 g/mol. The van der Waals surface area contributed by atoms with E-state index < -0.39 is 9.84 Å². The fourth-order valence-electron chi connectivity index (χ4n) is 4.00. The summed E-state index contributed by atoms with van der Waals surface area (Å²) in [6, 6.07) is 14.8. The van der Waals surface area contributed by atoms with Gasteiger partial charge in [0.25, 0.3) is 0 Å². The van der Waals surface area contributed by atoms with Crippen molar-refractivity contribution in [2.24, 2.45) is 0 Å². The van der Waals surface area contributed by atoms with Crippen LogP contribution in [0.2, 0.25) is 0 Å². The first kappa shape index (κ1) is 20.6. The normalized spacial score (nSPS) is 15.7. The van der Waals surface area contributed by atoms with Crippen LogP contribution >= 0.6 is 0 Å². The molecule has 1 saturated heterocycles. The van der Waals surface area contributed by atoms with Crippen molar-refractivity contribution in [2.45, 2.75) is 6.54 Å². The first-order chi connectivity index (χ1) is 14.3. The Hall–Kier alpha value is -2.71. The Balaban J connectivity index is 1.55. The van der Waals surface area contributed by atoms with E-state index in [1.807, 2.05) is 45.9 Å². The lowest BCUT2D eigenvalue weighted by molar-refractivity contribution is -0.133. The number of nitrogens with zero attached hydrogens (tertiary/aromatic N) is 3. The van der Waals surface area contributed by atoms with Gasteiger partial charge in [0.1, 0.15) is 16.4 Å². The molecule has 1 amide bonds. The molecule has 0 aliphatic carbocycles. The third kappa shape index (κ3) is 4.24. The minimum atomic E-state index is -2.99. The monoisotopic (exact) mass is 427 g/mol. The molecule has 8 heteroatoms. The second-order valence-corrected chi connectivity index (χ2v) is 10.1. The number of piperazine rings is 1. The fraction of sp³-hybridized carbons (Fsp3) is 0.364. The first-order valence-electron chi connectivity index (χ1n) is 10.0. The van der Waals surface area contributed by atoms with Crippen molar-refractivity contribution in [3.8, 4) is 0 Å². The topological polar surface area (TPSA) is 79.7 Å². The zero-order valence-electron chi connectivity index (χ0n) is 17.0. The number of sulfone groups is 1. The lowest BCUT2D eigenvalue weighted by Crippen LogP contribution is -2.50. The second-order valence-electron chi connectivity index (χ2n) is 7.80. The van der Waals surface area contributed by atoms with Crippen LogP contribution in [0.25, 0.3) is 21.8 Å². The van der Waals surface area contributed by atoms with Crippen molar-refractivity contribution in [2.75, 3.05) is 44.7 Å².